The number of hydrogen-bond donors (Lipinski definition) is 1. The van der Waals surface area contributed by atoms with Gasteiger partial charge in [-0.1, -0.05) is 6.92 Å². The van der Waals surface area contributed by atoms with Crippen LogP contribution in [0.4, 0.5) is 0 Å². The van der Waals surface area contributed by atoms with E-state index in [9.17, 15) is 4.79 Å². The van der Waals surface area contributed by atoms with Crippen molar-refractivity contribution in [2.24, 2.45) is 29.4 Å². The van der Waals surface area contributed by atoms with Crippen molar-refractivity contribution >= 4 is 18.3 Å². The Balaban J connectivity index is 0.00000120. The minimum atomic E-state index is 0. The second-order valence-corrected chi connectivity index (χ2v) is 6.44. The fraction of sp³-hybridized carbons (Fsp3) is 0.929. The van der Waals surface area contributed by atoms with Crippen LogP contribution >= 0.6 is 12.4 Å². The molecule has 0 radical (unpaired) electrons. The Hall–Kier alpha value is -0.280. The molecule has 2 saturated carbocycles. The van der Waals surface area contributed by atoms with Gasteiger partial charge in [0.1, 0.15) is 0 Å². The number of fused-ring (bicyclic) bond motifs is 2. The van der Waals surface area contributed by atoms with Crippen LogP contribution in [0.1, 0.15) is 39.0 Å². The normalized spacial score (nSPS) is 39.8. The molecule has 1 saturated heterocycles. The van der Waals surface area contributed by atoms with E-state index >= 15 is 0 Å². The van der Waals surface area contributed by atoms with Gasteiger partial charge in [-0.2, -0.15) is 0 Å². The second kappa shape index (κ2) is 5.38. The van der Waals surface area contributed by atoms with Gasteiger partial charge in [-0.3, -0.25) is 4.79 Å². The summed E-state index contributed by atoms with van der Waals surface area (Å²) >= 11 is 0. The number of hydrogen-bond acceptors (Lipinski definition) is 2. The highest BCUT2D eigenvalue weighted by Gasteiger charge is 2.50. The van der Waals surface area contributed by atoms with Gasteiger partial charge in [0.25, 0.3) is 0 Å². The maximum absolute atomic E-state index is 12.6. The maximum Gasteiger partial charge on any atom is 0.227 e. The fourth-order valence-electron chi connectivity index (χ4n) is 4.14. The zero-order chi connectivity index (χ0) is 12.0. The Bertz CT molecular complexity index is 313. The third kappa shape index (κ3) is 2.27. The molecule has 1 heterocycles. The fourth-order valence-corrected chi connectivity index (χ4v) is 4.14. The monoisotopic (exact) mass is 272 g/mol. The van der Waals surface area contributed by atoms with Crippen LogP contribution in [0.3, 0.4) is 0 Å². The Labute approximate surface area is 116 Å². The maximum atomic E-state index is 12.6. The van der Waals surface area contributed by atoms with Crippen molar-refractivity contribution in [2.75, 3.05) is 13.1 Å². The zero-order valence-electron chi connectivity index (χ0n) is 11.2. The van der Waals surface area contributed by atoms with Crippen LogP contribution in [0.25, 0.3) is 0 Å². The Morgan fingerprint density at radius 3 is 2.28 bits per heavy atom. The van der Waals surface area contributed by atoms with Crippen LogP contribution in [-0.4, -0.2) is 29.9 Å². The molecule has 104 valence electrons. The number of carbonyl (C=O) groups excluding carboxylic acids is 1. The first-order chi connectivity index (χ1) is 8.16. The minimum absolute atomic E-state index is 0. The van der Waals surface area contributed by atoms with Crippen molar-refractivity contribution in [3.63, 3.8) is 0 Å². The lowest BCUT2D eigenvalue weighted by Gasteiger charge is -2.36. The van der Waals surface area contributed by atoms with E-state index in [1.807, 2.05) is 0 Å². The molecule has 2 N–H and O–H groups in total. The van der Waals surface area contributed by atoms with Gasteiger partial charge in [0, 0.05) is 19.1 Å². The van der Waals surface area contributed by atoms with E-state index in [0.717, 1.165) is 19.0 Å². The molecular formula is C14H25ClN2O. The van der Waals surface area contributed by atoms with Gasteiger partial charge < -0.3 is 10.6 Å². The number of piperidine rings is 1. The van der Waals surface area contributed by atoms with Gasteiger partial charge >= 0.3 is 0 Å². The van der Waals surface area contributed by atoms with Crippen molar-refractivity contribution in [1.82, 2.24) is 4.90 Å². The molecule has 2 bridgehead atoms. The highest BCUT2D eigenvalue weighted by atomic mass is 35.5. The average Bonchev–Trinajstić information content (AvgIpc) is 2.89. The van der Waals surface area contributed by atoms with Gasteiger partial charge in [-0.25, -0.2) is 0 Å². The van der Waals surface area contributed by atoms with Gasteiger partial charge in [0.2, 0.25) is 5.91 Å². The molecule has 0 aromatic carbocycles. The Morgan fingerprint density at radius 2 is 1.72 bits per heavy atom. The predicted molar refractivity (Wildman–Crippen MR) is 74.5 cm³/mol. The summed E-state index contributed by atoms with van der Waals surface area (Å²) in [5.41, 5.74) is 6.25. The number of nitrogens with two attached hydrogens (primary N) is 1. The van der Waals surface area contributed by atoms with Crippen LogP contribution in [-0.2, 0) is 4.79 Å². The van der Waals surface area contributed by atoms with Gasteiger partial charge in [0.05, 0.1) is 5.92 Å². The summed E-state index contributed by atoms with van der Waals surface area (Å²) in [5.74, 6) is 2.55. The van der Waals surface area contributed by atoms with Crippen LogP contribution in [0, 0.1) is 23.7 Å². The standard InChI is InChI=1S/C14H24N2O.ClH/c1-9-4-6-16(7-5-9)14(17)12-10-2-3-11(8-10)13(12)15;/h9-13H,2-8,15H2,1H3;1H. The lowest BCUT2D eigenvalue weighted by atomic mass is 9.83. The number of nitrogens with zero attached hydrogens (tertiary/aromatic N) is 1. The molecule has 0 aromatic rings. The summed E-state index contributed by atoms with van der Waals surface area (Å²) in [5, 5.41) is 0. The third-order valence-electron chi connectivity index (χ3n) is 5.36. The molecule has 2 aliphatic carbocycles. The van der Waals surface area contributed by atoms with E-state index in [2.05, 4.69) is 11.8 Å². The molecule has 1 aliphatic heterocycles. The average molecular weight is 273 g/mol. The predicted octanol–water partition coefficient (Wildman–Crippen LogP) is 2.04. The molecule has 3 nitrogen and oxygen atoms in total. The molecular weight excluding hydrogens is 248 g/mol. The van der Waals surface area contributed by atoms with E-state index in [4.69, 9.17) is 5.73 Å². The van der Waals surface area contributed by atoms with E-state index < -0.39 is 0 Å². The lowest BCUT2D eigenvalue weighted by Crippen LogP contribution is -2.49. The first-order valence-corrected chi connectivity index (χ1v) is 7.21. The zero-order valence-corrected chi connectivity index (χ0v) is 12.0. The minimum Gasteiger partial charge on any atom is -0.342 e. The quantitative estimate of drug-likeness (QED) is 0.794. The number of rotatable bonds is 1. The molecule has 3 rings (SSSR count). The number of carbonyl (C=O) groups is 1. The summed E-state index contributed by atoms with van der Waals surface area (Å²) in [6, 6.07) is 0.153. The van der Waals surface area contributed by atoms with Gasteiger partial charge in [-0.05, 0) is 49.9 Å². The molecule has 18 heavy (non-hydrogen) atoms. The third-order valence-corrected chi connectivity index (χ3v) is 5.36. The summed E-state index contributed by atoms with van der Waals surface area (Å²) in [7, 11) is 0. The topological polar surface area (TPSA) is 46.3 Å². The molecule has 1 amide bonds. The van der Waals surface area contributed by atoms with Gasteiger partial charge in [-0.15, -0.1) is 12.4 Å². The van der Waals surface area contributed by atoms with E-state index in [1.54, 1.807) is 0 Å². The van der Waals surface area contributed by atoms with Crippen LogP contribution in [0.15, 0.2) is 0 Å². The number of amides is 1. The molecule has 0 spiro atoms. The number of likely N-dealkylation sites (tertiary alicyclic amines) is 1. The molecule has 3 fully saturated rings. The van der Waals surface area contributed by atoms with Crippen molar-refractivity contribution < 1.29 is 4.79 Å². The van der Waals surface area contributed by atoms with Crippen LogP contribution in [0.5, 0.6) is 0 Å². The van der Waals surface area contributed by atoms with Gasteiger partial charge in [0.15, 0.2) is 0 Å². The highest BCUT2D eigenvalue weighted by Crippen LogP contribution is 2.48. The summed E-state index contributed by atoms with van der Waals surface area (Å²) in [4.78, 5) is 14.6. The Kier molecular flexibility index (Phi) is 4.22. The highest BCUT2D eigenvalue weighted by molar-refractivity contribution is 5.85. The smallest absolute Gasteiger partial charge is 0.227 e. The van der Waals surface area contributed by atoms with Crippen molar-refractivity contribution in [3.05, 3.63) is 0 Å². The first-order valence-electron chi connectivity index (χ1n) is 7.21. The molecule has 0 aromatic heterocycles. The van der Waals surface area contributed by atoms with Crippen molar-refractivity contribution in [2.45, 2.75) is 45.1 Å². The molecule has 4 atom stereocenters. The van der Waals surface area contributed by atoms with Crippen LogP contribution in [0.2, 0.25) is 0 Å². The van der Waals surface area contributed by atoms with Crippen molar-refractivity contribution in [1.29, 1.82) is 0 Å². The van der Waals surface area contributed by atoms with Crippen LogP contribution < -0.4 is 5.73 Å². The second-order valence-electron chi connectivity index (χ2n) is 6.44. The summed E-state index contributed by atoms with van der Waals surface area (Å²) < 4.78 is 0. The lowest BCUT2D eigenvalue weighted by molar-refractivity contribution is -0.139. The SMILES string of the molecule is CC1CCN(C(=O)C2C3CCC(C3)C2N)CC1.Cl. The molecule has 4 heteroatoms. The largest absolute Gasteiger partial charge is 0.342 e. The molecule has 4 unspecified atom stereocenters. The first kappa shape index (κ1) is 14.1. The van der Waals surface area contributed by atoms with E-state index in [1.165, 1.54) is 32.1 Å². The Morgan fingerprint density at radius 1 is 1.11 bits per heavy atom. The van der Waals surface area contributed by atoms with E-state index in [-0.39, 0.29) is 24.4 Å². The van der Waals surface area contributed by atoms with Crippen molar-refractivity contribution in [3.8, 4) is 0 Å². The number of halogens is 1. The summed E-state index contributed by atoms with van der Waals surface area (Å²) in [6.45, 7) is 4.20. The molecule has 3 aliphatic rings. The van der Waals surface area contributed by atoms with E-state index in [0.29, 0.717) is 17.7 Å². The summed E-state index contributed by atoms with van der Waals surface area (Å²) in [6.07, 6.45) is 6.04.